The molecule has 1 aromatic rings. The van der Waals surface area contributed by atoms with Crippen LogP contribution in [0.2, 0.25) is 0 Å². The number of rotatable bonds is 9. The van der Waals surface area contributed by atoms with Crippen molar-refractivity contribution in [2.45, 2.75) is 39.0 Å². The van der Waals surface area contributed by atoms with Gasteiger partial charge in [-0.25, -0.2) is 0 Å². The third kappa shape index (κ3) is 5.69. The topological polar surface area (TPSA) is 92.5 Å². The smallest absolute Gasteiger partial charge is 0.303 e. The van der Waals surface area contributed by atoms with E-state index in [1.165, 1.54) is 6.07 Å². The standard InChI is InChI=1S/C14H20N2O4/c1-11-10-12(7-8-13(11)16(19)20)15-9-5-3-2-4-6-14(17)18/h7-8,10,15H,2-6,9H2,1H3,(H,17,18). The van der Waals surface area contributed by atoms with E-state index in [1.807, 2.05) is 0 Å². The molecule has 0 unspecified atom stereocenters. The molecule has 0 saturated carbocycles. The van der Waals surface area contributed by atoms with Crippen molar-refractivity contribution in [1.82, 2.24) is 0 Å². The van der Waals surface area contributed by atoms with E-state index in [-0.39, 0.29) is 17.0 Å². The Hall–Kier alpha value is -2.11. The number of aliphatic carboxylic acids is 1. The number of hydrogen-bond acceptors (Lipinski definition) is 4. The van der Waals surface area contributed by atoms with Crippen LogP contribution < -0.4 is 5.32 Å². The Morgan fingerprint density at radius 3 is 2.60 bits per heavy atom. The van der Waals surface area contributed by atoms with Gasteiger partial charge in [0.05, 0.1) is 4.92 Å². The van der Waals surface area contributed by atoms with Crippen molar-refractivity contribution in [2.24, 2.45) is 0 Å². The zero-order valence-corrected chi connectivity index (χ0v) is 11.6. The van der Waals surface area contributed by atoms with Crippen LogP contribution in [0.4, 0.5) is 11.4 Å². The third-order valence-electron chi connectivity index (χ3n) is 3.04. The Morgan fingerprint density at radius 1 is 1.30 bits per heavy atom. The molecule has 0 heterocycles. The van der Waals surface area contributed by atoms with Crippen LogP contribution in [0, 0.1) is 17.0 Å². The maximum Gasteiger partial charge on any atom is 0.303 e. The number of nitro groups is 1. The Bertz CT molecular complexity index is 474. The summed E-state index contributed by atoms with van der Waals surface area (Å²) in [6, 6.07) is 4.97. The first-order valence-corrected chi connectivity index (χ1v) is 6.71. The fourth-order valence-corrected chi connectivity index (χ4v) is 1.96. The minimum atomic E-state index is -0.746. The lowest BCUT2D eigenvalue weighted by atomic mass is 10.1. The predicted octanol–water partition coefficient (Wildman–Crippen LogP) is 3.35. The number of nitro benzene ring substituents is 1. The second-order valence-electron chi connectivity index (χ2n) is 4.74. The summed E-state index contributed by atoms with van der Waals surface area (Å²) in [5, 5.41) is 22.4. The molecule has 0 amide bonds. The summed E-state index contributed by atoms with van der Waals surface area (Å²) < 4.78 is 0. The molecule has 0 spiro atoms. The number of unbranched alkanes of at least 4 members (excludes halogenated alkanes) is 3. The highest BCUT2D eigenvalue weighted by atomic mass is 16.6. The van der Waals surface area contributed by atoms with Crippen LogP contribution in [0.15, 0.2) is 18.2 Å². The van der Waals surface area contributed by atoms with E-state index in [2.05, 4.69) is 5.32 Å². The quantitative estimate of drug-likeness (QED) is 0.411. The molecule has 1 aromatic carbocycles. The monoisotopic (exact) mass is 280 g/mol. The molecule has 2 N–H and O–H groups in total. The largest absolute Gasteiger partial charge is 0.481 e. The summed E-state index contributed by atoms with van der Waals surface area (Å²) in [6.45, 7) is 2.50. The predicted molar refractivity (Wildman–Crippen MR) is 77.0 cm³/mol. The molecule has 110 valence electrons. The lowest BCUT2D eigenvalue weighted by Crippen LogP contribution is -2.02. The minimum Gasteiger partial charge on any atom is -0.481 e. The fourth-order valence-electron chi connectivity index (χ4n) is 1.96. The van der Waals surface area contributed by atoms with Crippen molar-refractivity contribution < 1.29 is 14.8 Å². The van der Waals surface area contributed by atoms with Gasteiger partial charge in [-0.2, -0.15) is 0 Å². The Labute approximate surface area is 118 Å². The highest BCUT2D eigenvalue weighted by Gasteiger charge is 2.09. The number of carboxylic acids is 1. The van der Waals surface area contributed by atoms with Crippen LogP contribution >= 0.6 is 0 Å². The summed E-state index contributed by atoms with van der Waals surface area (Å²) in [4.78, 5) is 20.6. The first-order chi connectivity index (χ1) is 9.50. The second kappa shape index (κ2) is 8.14. The SMILES string of the molecule is Cc1cc(NCCCCCCC(=O)O)ccc1[N+](=O)[O-]. The fraction of sp³-hybridized carbons (Fsp3) is 0.500. The van der Waals surface area contributed by atoms with E-state index in [0.29, 0.717) is 12.0 Å². The number of nitrogens with zero attached hydrogens (tertiary/aromatic N) is 1. The molecule has 0 fully saturated rings. The maximum absolute atomic E-state index is 10.7. The lowest BCUT2D eigenvalue weighted by Gasteiger charge is -2.07. The molecule has 0 aliphatic rings. The van der Waals surface area contributed by atoms with Crippen LogP contribution in [0.3, 0.4) is 0 Å². The molecule has 1 rings (SSSR count). The zero-order valence-electron chi connectivity index (χ0n) is 11.6. The Kier molecular flexibility index (Phi) is 6.49. The van der Waals surface area contributed by atoms with Gasteiger partial charge in [0, 0.05) is 30.3 Å². The van der Waals surface area contributed by atoms with Gasteiger partial charge in [-0.3, -0.25) is 14.9 Å². The van der Waals surface area contributed by atoms with E-state index < -0.39 is 5.97 Å². The van der Waals surface area contributed by atoms with Crippen LogP contribution in [0.25, 0.3) is 0 Å². The molecule has 20 heavy (non-hydrogen) atoms. The van der Waals surface area contributed by atoms with Gasteiger partial charge in [-0.05, 0) is 31.9 Å². The van der Waals surface area contributed by atoms with Gasteiger partial charge in [0.1, 0.15) is 0 Å². The van der Waals surface area contributed by atoms with Gasteiger partial charge in [0.2, 0.25) is 0 Å². The zero-order chi connectivity index (χ0) is 15.0. The van der Waals surface area contributed by atoms with Crippen LogP contribution in [-0.4, -0.2) is 22.5 Å². The van der Waals surface area contributed by atoms with Crippen LogP contribution in [0.1, 0.15) is 37.7 Å². The molecular weight excluding hydrogens is 260 g/mol. The van der Waals surface area contributed by atoms with Crippen molar-refractivity contribution in [2.75, 3.05) is 11.9 Å². The van der Waals surface area contributed by atoms with Crippen LogP contribution in [0.5, 0.6) is 0 Å². The molecule has 6 heteroatoms. The molecule has 0 aromatic heterocycles. The molecule has 0 atom stereocenters. The number of aryl methyl sites for hydroxylation is 1. The van der Waals surface area contributed by atoms with E-state index in [1.54, 1.807) is 19.1 Å². The Balaban J connectivity index is 2.24. The highest BCUT2D eigenvalue weighted by Crippen LogP contribution is 2.21. The first-order valence-electron chi connectivity index (χ1n) is 6.71. The van der Waals surface area contributed by atoms with Crippen molar-refractivity contribution in [3.8, 4) is 0 Å². The summed E-state index contributed by atoms with van der Waals surface area (Å²) in [6.07, 6.45) is 3.79. The molecule has 6 nitrogen and oxygen atoms in total. The average molecular weight is 280 g/mol. The number of benzene rings is 1. The molecule has 0 saturated heterocycles. The van der Waals surface area contributed by atoms with Gasteiger partial charge in [-0.15, -0.1) is 0 Å². The third-order valence-corrected chi connectivity index (χ3v) is 3.04. The van der Waals surface area contributed by atoms with Crippen molar-refractivity contribution >= 4 is 17.3 Å². The highest BCUT2D eigenvalue weighted by molar-refractivity contribution is 5.66. The van der Waals surface area contributed by atoms with Gasteiger partial charge in [-0.1, -0.05) is 12.8 Å². The number of carbonyl (C=O) groups is 1. The number of carboxylic acid groups (broad SMARTS) is 1. The number of hydrogen-bond donors (Lipinski definition) is 2. The van der Waals surface area contributed by atoms with Gasteiger partial charge in [0.15, 0.2) is 0 Å². The minimum absolute atomic E-state index is 0.129. The average Bonchev–Trinajstić information content (AvgIpc) is 2.37. The summed E-state index contributed by atoms with van der Waals surface area (Å²) in [5.41, 5.74) is 1.64. The summed E-state index contributed by atoms with van der Waals surface area (Å²) in [7, 11) is 0. The number of anilines is 1. The van der Waals surface area contributed by atoms with Gasteiger partial charge < -0.3 is 10.4 Å². The van der Waals surface area contributed by atoms with E-state index in [0.717, 1.165) is 31.5 Å². The van der Waals surface area contributed by atoms with E-state index in [4.69, 9.17) is 5.11 Å². The number of nitrogens with one attached hydrogen (secondary N) is 1. The van der Waals surface area contributed by atoms with Crippen LogP contribution in [-0.2, 0) is 4.79 Å². The van der Waals surface area contributed by atoms with E-state index in [9.17, 15) is 14.9 Å². The normalized spacial score (nSPS) is 10.2. The van der Waals surface area contributed by atoms with Gasteiger partial charge in [0.25, 0.3) is 5.69 Å². The molecule has 0 bridgehead atoms. The summed E-state index contributed by atoms with van der Waals surface area (Å²) >= 11 is 0. The van der Waals surface area contributed by atoms with Crippen molar-refractivity contribution in [3.63, 3.8) is 0 Å². The lowest BCUT2D eigenvalue weighted by molar-refractivity contribution is -0.385. The van der Waals surface area contributed by atoms with E-state index >= 15 is 0 Å². The van der Waals surface area contributed by atoms with Crippen molar-refractivity contribution in [3.05, 3.63) is 33.9 Å². The van der Waals surface area contributed by atoms with Gasteiger partial charge >= 0.3 is 5.97 Å². The maximum atomic E-state index is 10.7. The second-order valence-corrected chi connectivity index (χ2v) is 4.74. The molecule has 0 aliphatic heterocycles. The Morgan fingerprint density at radius 2 is 2.00 bits per heavy atom. The molecule has 0 aliphatic carbocycles. The first kappa shape index (κ1) is 15.9. The van der Waals surface area contributed by atoms with Crippen molar-refractivity contribution in [1.29, 1.82) is 0 Å². The molecule has 0 radical (unpaired) electrons. The molecular formula is C14H20N2O4. The summed E-state index contributed by atoms with van der Waals surface area (Å²) in [5.74, 6) is -0.746.